The van der Waals surface area contributed by atoms with Crippen LogP contribution in [0.25, 0.3) is 0 Å². The Labute approximate surface area is 109 Å². The minimum atomic E-state index is 0.200. The van der Waals surface area contributed by atoms with E-state index in [0.29, 0.717) is 5.88 Å². The number of rotatable bonds is 4. The second-order valence-corrected chi connectivity index (χ2v) is 6.16. The van der Waals surface area contributed by atoms with E-state index in [4.69, 9.17) is 11.6 Å². The lowest BCUT2D eigenvalue weighted by Gasteiger charge is -2.28. The fraction of sp³-hybridized carbons (Fsp3) is 0.929. The van der Waals surface area contributed by atoms with E-state index in [2.05, 4.69) is 5.32 Å². The Bertz CT molecular complexity index is 255. The highest BCUT2D eigenvalue weighted by Gasteiger charge is 2.34. The van der Waals surface area contributed by atoms with Crippen molar-refractivity contribution < 1.29 is 4.79 Å². The molecule has 2 saturated carbocycles. The van der Waals surface area contributed by atoms with Crippen molar-refractivity contribution in [3.05, 3.63) is 0 Å². The van der Waals surface area contributed by atoms with Crippen molar-refractivity contribution in [2.24, 2.45) is 11.3 Å². The Morgan fingerprint density at radius 1 is 1.12 bits per heavy atom. The van der Waals surface area contributed by atoms with Gasteiger partial charge in [0, 0.05) is 23.8 Å². The predicted molar refractivity (Wildman–Crippen MR) is 71.2 cm³/mol. The topological polar surface area (TPSA) is 29.1 Å². The van der Waals surface area contributed by atoms with Gasteiger partial charge in [-0.05, 0) is 25.7 Å². The molecule has 0 bridgehead atoms. The molecule has 0 unspecified atom stereocenters. The van der Waals surface area contributed by atoms with Gasteiger partial charge in [0.1, 0.15) is 0 Å². The third-order valence-corrected chi connectivity index (χ3v) is 5.13. The van der Waals surface area contributed by atoms with Gasteiger partial charge in [-0.1, -0.05) is 32.1 Å². The van der Waals surface area contributed by atoms with Crippen molar-refractivity contribution in [1.29, 1.82) is 0 Å². The molecule has 2 nitrogen and oxygen atoms in total. The summed E-state index contributed by atoms with van der Waals surface area (Å²) in [5, 5.41) is 3.16. The zero-order valence-corrected chi connectivity index (χ0v) is 11.4. The van der Waals surface area contributed by atoms with Gasteiger partial charge >= 0.3 is 0 Å². The Hall–Kier alpha value is -0.240. The normalized spacial score (nSPS) is 24.8. The summed E-state index contributed by atoms with van der Waals surface area (Å²) in [4.78, 5) is 12.1. The van der Waals surface area contributed by atoms with Crippen molar-refractivity contribution in [3.8, 4) is 0 Å². The Kier molecular flexibility index (Phi) is 4.72. The maximum absolute atomic E-state index is 12.1. The lowest BCUT2D eigenvalue weighted by atomic mass is 9.86. The third kappa shape index (κ3) is 3.37. The molecule has 2 aliphatic rings. The van der Waals surface area contributed by atoms with Crippen molar-refractivity contribution in [1.82, 2.24) is 5.32 Å². The average Bonchev–Trinajstić information content (AvgIpc) is 2.86. The highest BCUT2D eigenvalue weighted by Crippen LogP contribution is 2.38. The van der Waals surface area contributed by atoms with Crippen LogP contribution in [0.2, 0.25) is 0 Å². The van der Waals surface area contributed by atoms with Gasteiger partial charge in [-0.3, -0.25) is 4.79 Å². The molecule has 0 radical (unpaired) electrons. The maximum atomic E-state index is 12.1. The molecule has 0 aromatic carbocycles. The smallest absolute Gasteiger partial charge is 0.223 e. The van der Waals surface area contributed by atoms with E-state index in [1.165, 1.54) is 44.9 Å². The van der Waals surface area contributed by atoms with Crippen LogP contribution < -0.4 is 5.32 Å². The van der Waals surface area contributed by atoms with Crippen LogP contribution in [0.15, 0.2) is 0 Å². The minimum Gasteiger partial charge on any atom is -0.355 e. The fourth-order valence-corrected chi connectivity index (χ4v) is 3.63. The molecule has 3 heteroatoms. The molecule has 0 saturated heterocycles. The van der Waals surface area contributed by atoms with Crippen molar-refractivity contribution in [2.45, 2.75) is 57.8 Å². The number of hydrogen-bond donors (Lipinski definition) is 1. The summed E-state index contributed by atoms with van der Waals surface area (Å²) >= 11 is 6.08. The predicted octanol–water partition coefficient (Wildman–Crippen LogP) is 3.48. The number of carbonyl (C=O) groups is 1. The van der Waals surface area contributed by atoms with E-state index in [9.17, 15) is 4.79 Å². The first-order chi connectivity index (χ1) is 8.26. The summed E-state index contributed by atoms with van der Waals surface area (Å²) in [7, 11) is 0. The van der Waals surface area contributed by atoms with Crippen LogP contribution in [-0.2, 0) is 4.79 Å². The van der Waals surface area contributed by atoms with E-state index in [-0.39, 0.29) is 17.2 Å². The standard InChI is InChI=1S/C14H24ClNO/c15-10-14(8-4-5-9-14)11-16-13(17)12-6-2-1-3-7-12/h12H,1-11H2,(H,16,17). The Morgan fingerprint density at radius 3 is 2.35 bits per heavy atom. The largest absolute Gasteiger partial charge is 0.355 e. The van der Waals surface area contributed by atoms with Gasteiger partial charge < -0.3 is 5.32 Å². The molecule has 0 heterocycles. The van der Waals surface area contributed by atoms with E-state index >= 15 is 0 Å². The molecule has 2 fully saturated rings. The van der Waals surface area contributed by atoms with Gasteiger partial charge in [-0.15, -0.1) is 11.6 Å². The van der Waals surface area contributed by atoms with Crippen LogP contribution in [-0.4, -0.2) is 18.3 Å². The highest BCUT2D eigenvalue weighted by molar-refractivity contribution is 6.18. The monoisotopic (exact) mass is 257 g/mol. The highest BCUT2D eigenvalue weighted by atomic mass is 35.5. The van der Waals surface area contributed by atoms with E-state index in [0.717, 1.165) is 19.4 Å². The molecule has 2 rings (SSSR count). The van der Waals surface area contributed by atoms with Crippen LogP contribution in [0.3, 0.4) is 0 Å². The summed E-state index contributed by atoms with van der Waals surface area (Å²) in [6.07, 6.45) is 10.8. The zero-order chi connectivity index (χ0) is 12.1. The zero-order valence-electron chi connectivity index (χ0n) is 10.6. The van der Waals surface area contributed by atoms with Crippen LogP contribution in [0.4, 0.5) is 0 Å². The van der Waals surface area contributed by atoms with Crippen molar-refractivity contribution in [3.63, 3.8) is 0 Å². The van der Waals surface area contributed by atoms with E-state index < -0.39 is 0 Å². The number of hydrogen-bond acceptors (Lipinski definition) is 1. The molecule has 0 atom stereocenters. The molecule has 1 amide bonds. The molecule has 2 aliphatic carbocycles. The van der Waals surface area contributed by atoms with Gasteiger partial charge in [0.25, 0.3) is 0 Å². The van der Waals surface area contributed by atoms with Crippen LogP contribution in [0.1, 0.15) is 57.8 Å². The number of alkyl halides is 1. The van der Waals surface area contributed by atoms with Crippen molar-refractivity contribution in [2.75, 3.05) is 12.4 Å². The minimum absolute atomic E-state index is 0.200. The fourth-order valence-electron chi connectivity index (χ4n) is 3.27. The SMILES string of the molecule is O=C(NCC1(CCl)CCCC1)C1CCCCC1. The quantitative estimate of drug-likeness (QED) is 0.768. The number of nitrogens with one attached hydrogen (secondary N) is 1. The lowest BCUT2D eigenvalue weighted by Crippen LogP contribution is -2.40. The second-order valence-electron chi connectivity index (χ2n) is 5.89. The Balaban J connectivity index is 1.78. The van der Waals surface area contributed by atoms with Gasteiger partial charge in [0.15, 0.2) is 0 Å². The molecular weight excluding hydrogens is 234 g/mol. The molecule has 1 N–H and O–H groups in total. The van der Waals surface area contributed by atoms with Crippen LogP contribution in [0.5, 0.6) is 0 Å². The summed E-state index contributed by atoms with van der Waals surface area (Å²) < 4.78 is 0. The maximum Gasteiger partial charge on any atom is 0.223 e. The summed E-state index contributed by atoms with van der Waals surface area (Å²) in [5.41, 5.74) is 0.200. The first-order valence-corrected chi connectivity index (χ1v) is 7.63. The number of carbonyl (C=O) groups excluding carboxylic acids is 1. The molecule has 0 aromatic heterocycles. The molecular formula is C14H24ClNO. The van der Waals surface area contributed by atoms with Crippen LogP contribution in [0, 0.1) is 11.3 Å². The van der Waals surface area contributed by atoms with Gasteiger partial charge in [-0.25, -0.2) is 0 Å². The number of halogens is 1. The first kappa shape index (κ1) is 13.2. The summed E-state index contributed by atoms with van der Waals surface area (Å²) in [5.74, 6) is 1.25. The molecule has 98 valence electrons. The second kappa shape index (κ2) is 6.08. The lowest BCUT2D eigenvalue weighted by molar-refractivity contribution is -0.126. The van der Waals surface area contributed by atoms with Gasteiger partial charge in [0.05, 0.1) is 0 Å². The van der Waals surface area contributed by atoms with Gasteiger partial charge in [-0.2, -0.15) is 0 Å². The van der Waals surface area contributed by atoms with Crippen LogP contribution >= 0.6 is 11.6 Å². The average molecular weight is 258 g/mol. The summed E-state index contributed by atoms with van der Waals surface area (Å²) in [6.45, 7) is 0.797. The molecule has 0 spiro atoms. The summed E-state index contributed by atoms with van der Waals surface area (Å²) in [6, 6.07) is 0. The first-order valence-electron chi connectivity index (χ1n) is 7.09. The van der Waals surface area contributed by atoms with Gasteiger partial charge in [0.2, 0.25) is 5.91 Å². The van der Waals surface area contributed by atoms with Crippen molar-refractivity contribution >= 4 is 17.5 Å². The molecule has 17 heavy (non-hydrogen) atoms. The third-order valence-electron chi connectivity index (χ3n) is 4.56. The molecule has 0 aliphatic heterocycles. The molecule has 0 aromatic rings. The van der Waals surface area contributed by atoms with E-state index in [1.54, 1.807) is 0 Å². The Morgan fingerprint density at radius 2 is 1.76 bits per heavy atom. The van der Waals surface area contributed by atoms with E-state index in [1.807, 2.05) is 0 Å². The number of amides is 1.